The van der Waals surface area contributed by atoms with Gasteiger partial charge in [-0.15, -0.1) is 11.8 Å². The molecule has 0 amide bonds. The average molecular weight is 293 g/mol. The van der Waals surface area contributed by atoms with E-state index in [9.17, 15) is 4.79 Å². The number of benzene rings is 1. The highest BCUT2D eigenvalue weighted by Crippen LogP contribution is 2.28. The van der Waals surface area contributed by atoms with Gasteiger partial charge in [0.25, 0.3) is 0 Å². The van der Waals surface area contributed by atoms with E-state index < -0.39 is 5.54 Å². The van der Waals surface area contributed by atoms with Crippen LogP contribution in [0.25, 0.3) is 0 Å². The summed E-state index contributed by atoms with van der Waals surface area (Å²) in [4.78, 5) is 13.4. The Kier molecular flexibility index (Phi) is 5.11. The molecule has 4 heteroatoms. The lowest BCUT2D eigenvalue weighted by Gasteiger charge is -2.28. The summed E-state index contributed by atoms with van der Waals surface area (Å²) in [6.45, 7) is 6.30. The fourth-order valence-electron chi connectivity index (χ4n) is 1.99. The number of carbonyl (C=O) groups is 1. The van der Waals surface area contributed by atoms with Crippen molar-refractivity contribution in [1.29, 1.82) is 0 Å². The summed E-state index contributed by atoms with van der Waals surface area (Å²) < 4.78 is 5.23. The van der Waals surface area contributed by atoms with Crippen LogP contribution in [-0.4, -0.2) is 29.9 Å². The second-order valence-corrected chi connectivity index (χ2v) is 6.62. The molecule has 0 aromatic heterocycles. The Morgan fingerprint density at radius 2 is 2.05 bits per heavy atom. The SMILES string of the molecule is CCOC(=O)C(C)(CSc1ccc(C)cc1)NC1CC1. The van der Waals surface area contributed by atoms with Crippen LogP contribution in [0.2, 0.25) is 0 Å². The van der Waals surface area contributed by atoms with Gasteiger partial charge in [-0.2, -0.15) is 0 Å². The van der Waals surface area contributed by atoms with Crippen LogP contribution in [0, 0.1) is 6.92 Å². The van der Waals surface area contributed by atoms with Gasteiger partial charge < -0.3 is 4.74 Å². The predicted molar refractivity (Wildman–Crippen MR) is 83.1 cm³/mol. The van der Waals surface area contributed by atoms with Crippen molar-refractivity contribution in [3.63, 3.8) is 0 Å². The lowest BCUT2D eigenvalue weighted by molar-refractivity contribution is -0.149. The van der Waals surface area contributed by atoms with Crippen LogP contribution in [0.1, 0.15) is 32.3 Å². The molecule has 0 heterocycles. The summed E-state index contributed by atoms with van der Waals surface area (Å²) in [5.41, 5.74) is 0.644. The van der Waals surface area contributed by atoms with Crippen molar-refractivity contribution in [3.05, 3.63) is 29.8 Å². The van der Waals surface area contributed by atoms with E-state index >= 15 is 0 Å². The zero-order valence-corrected chi connectivity index (χ0v) is 13.3. The first-order valence-electron chi connectivity index (χ1n) is 7.18. The van der Waals surface area contributed by atoms with Crippen molar-refractivity contribution < 1.29 is 9.53 Å². The van der Waals surface area contributed by atoms with Crippen LogP contribution in [0.5, 0.6) is 0 Å². The van der Waals surface area contributed by atoms with E-state index in [1.54, 1.807) is 11.8 Å². The highest BCUT2D eigenvalue weighted by molar-refractivity contribution is 7.99. The molecular formula is C16H23NO2S. The van der Waals surface area contributed by atoms with E-state index in [-0.39, 0.29) is 5.97 Å². The third-order valence-electron chi connectivity index (χ3n) is 3.37. The second-order valence-electron chi connectivity index (χ2n) is 5.57. The normalized spacial score (nSPS) is 17.6. The van der Waals surface area contributed by atoms with Crippen molar-refractivity contribution in [2.24, 2.45) is 0 Å². The number of hydrogen-bond donors (Lipinski definition) is 1. The summed E-state index contributed by atoms with van der Waals surface area (Å²) in [7, 11) is 0. The van der Waals surface area contributed by atoms with Gasteiger partial charge in [0, 0.05) is 16.7 Å². The van der Waals surface area contributed by atoms with Crippen LogP contribution < -0.4 is 5.32 Å². The molecule has 1 N–H and O–H groups in total. The topological polar surface area (TPSA) is 38.3 Å². The van der Waals surface area contributed by atoms with E-state index in [0.29, 0.717) is 18.4 Å². The molecule has 1 saturated carbocycles. The number of thioether (sulfide) groups is 1. The smallest absolute Gasteiger partial charge is 0.326 e. The Bertz CT molecular complexity index is 456. The summed E-state index contributed by atoms with van der Waals surface area (Å²) in [5, 5.41) is 3.44. The number of esters is 1. The molecule has 1 aromatic carbocycles. The third-order valence-corrected chi connectivity index (χ3v) is 4.70. The van der Waals surface area contributed by atoms with Crippen molar-refractivity contribution in [3.8, 4) is 0 Å². The Hall–Kier alpha value is -1.00. The molecule has 3 nitrogen and oxygen atoms in total. The van der Waals surface area contributed by atoms with Crippen LogP contribution in [0.4, 0.5) is 0 Å². The van der Waals surface area contributed by atoms with Gasteiger partial charge >= 0.3 is 5.97 Å². The lowest BCUT2D eigenvalue weighted by atomic mass is 10.1. The zero-order chi connectivity index (χ0) is 14.6. The molecule has 1 fully saturated rings. The van der Waals surface area contributed by atoms with Gasteiger partial charge in [0.1, 0.15) is 5.54 Å². The maximum atomic E-state index is 12.2. The molecule has 1 atom stereocenters. The number of ether oxygens (including phenoxy) is 1. The second kappa shape index (κ2) is 6.64. The molecule has 0 aliphatic heterocycles. The Balaban J connectivity index is 1.99. The summed E-state index contributed by atoms with van der Waals surface area (Å²) in [6, 6.07) is 8.87. The fourth-order valence-corrected chi connectivity index (χ4v) is 2.98. The first-order chi connectivity index (χ1) is 9.53. The Morgan fingerprint density at radius 3 is 2.60 bits per heavy atom. The van der Waals surface area contributed by atoms with Crippen LogP contribution >= 0.6 is 11.8 Å². The highest BCUT2D eigenvalue weighted by Gasteiger charge is 2.39. The van der Waals surface area contributed by atoms with Crippen LogP contribution in [-0.2, 0) is 9.53 Å². The predicted octanol–water partition coefficient (Wildman–Crippen LogP) is 3.16. The van der Waals surface area contributed by atoms with Gasteiger partial charge in [-0.25, -0.2) is 0 Å². The largest absolute Gasteiger partial charge is 0.465 e. The molecule has 1 unspecified atom stereocenters. The molecule has 0 spiro atoms. The Morgan fingerprint density at radius 1 is 1.40 bits per heavy atom. The van der Waals surface area contributed by atoms with E-state index in [1.807, 2.05) is 13.8 Å². The first-order valence-corrected chi connectivity index (χ1v) is 8.16. The number of carbonyl (C=O) groups excluding carboxylic acids is 1. The quantitative estimate of drug-likeness (QED) is 0.619. The number of aryl methyl sites for hydroxylation is 1. The lowest BCUT2D eigenvalue weighted by Crippen LogP contribution is -2.53. The molecular weight excluding hydrogens is 270 g/mol. The van der Waals surface area contributed by atoms with Crippen molar-refractivity contribution in [2.75, 3.05) is 12.4 Å². The fraction of sp³-hybridized carbons (Fsp3) is 0.562. The summed E-state index contributed by atoms with van der Waals surface area (Å²) >= 11 is 1.70. The molecule has 2 rings (SSSR count). The molecule has 1 aromatic rings. The van der Waals surface area contributed by atoms with Gasteiger partial charge in [-0.3, -0.25) is 10.1 Å². The molecule has 1 aliphatic carbocycles. The summed E-state index contributed by atoms with van der Waals surface area (Å²) in [6.07, 6.45) is 2.31. The van der Waals surface area contributed by atoms with Crippen LogP contribution in [0.15, 0.2) is 29.2 Å². The number of rotatable bonds is 7. The van der Waals surface area contributed by atoms with E-state index in [0.717, 1.165) is 12.8 Å². The minimum Gasteiger partial charge on any atom is -0.465 e. The van der Waals surface area contributed by atoms with Crippen molar-refractivity contribution >= 4 is 17.7 Å². The first kappa shape index (κ1) is 15.4. The summed E-state index contributed by atoms with van der Waals surface area (Å²) in [5.74, 6) is 0.539. The maximum Gasteiger partial charge on any atom is 0.326 e. The Labute approximate surface area is 125 Å². The highest BCUT2D eigenvalue weighted by atomic mass is 32.2. The van der Waals surface area contributed by atoms with Gasteiger partial charge in [0.2, 0.25) is 0 Å². The van der Waals surface area contributed by atoms with E-state index in [1.165, 1.54) is 10.5 Å². The van der Waals surface area contributed by atoms with Crippen LogP contribution in [0.3, 0.4) is 0 Å². The van der Waals surface area contributed by atoms with Gasteiger partial charge in [0.15, 0.2) is 0 Å². The van der Waals surface area contributed by atoms with Gasteiger partial charge in [0.05, 0.1) is 6.61 Å². The molecule has 0 saturated heterocycles. The maximum absolute atomic E-state index is 12.2. The van der Waals surface area contributed by atoms with E-state index in [2.05, 4.69) is 36.5 Å². The van der Waals surface area contributed by atoms with Gasteiger partial charge in [-0.1, -0.05) is 17.7 Å². The molecule has 1 aliphatic rings. The minimum absolute atomic E-state index is 0.147. The number of hydrogen-bond acceptors (Lipinski definition) is 4. The zero-order valence-electron chi connectivity index (χ0n) is 12.4. The van der Waals surface area contributed by atoms with Crippen molar-refractivity contribution in [2.45, 2.75) is 50.1 Å². The molecule has 0 bridgehead atoms. The minimum atomic E-state index is -0.604. The molecule has 0 radical (unpaired) electrons. The van der Waals surface area contributed by atoms with E-state index in [4.69, 9.17) is 4.74 Å². The third kappa shape index (κ3) is 4.25. The average Bonchev–Trinajstić information content (AvgIpc) is 3.22. The molecule has 20 heavy (non-hydrogen) atoms. The number of nitrogens with one attached hydrogen (secondary N) is 1. The molecule has 110 valence electrons. The monoisotopic (exact) mass is 293 g/mol. The van der Waals surface area contributed by atoms with Gasteiger partial charge in [-0.05, 0) is 45.7 Å². The van der Waals surface area contributed by atoms with Crippen molar-refractivity contribution in [1.82, 2.24) is 5.32 Å². The standard InChI is InChI=1S/C16H23NO2S/c1-4-19-15(18)16(3,17-13-7-8-13)11-20-14-9-5-12(2)6-10-14/h5-6,9-10,13,17H,4,7-8,11H2,1-3H3.